The predicted octanol–water partition coefficient (Wildman–Crippen LogP) is 6.02. The minimum Gasteiger partial charge on any atom is -0.490 e. The fourth-order valence-electron chi connectivity index (χ4n) is 3.56. The van der Waals surface area contributed by atoms with E-state index < -0.39 is 6.10 Å². The number of hydrogen-bond acceptors (Lipinski definition) is 4. The summed E-state index contributed by atoms with van der Waals surface area (Å²) in [7, 11) is 0. The molecule has 3 rings (SSSR count). The van der Waals surface area contributed by atoms with Crippen molar-refractivity contribution < 1.29 is 19.0 Å². The van der Waals surface area contributed by atoms with E-state index in [0.29, 0.717) is 26.2 Å². The Morgan fingerprint density at radius 1 is 0.848 bits per heavy atom. The van der Waals surface area contributed by atoms with Crippen LogP contribution in [-0.2, 0) is 20.7 Å². The summed E-state index contributed by atoms with van der Waals surface area (Å²) in [6.45, 7) is 7.01. The molecule has 0 aliphatic rings. The van der Waals surface area contributed by atoms with Crippen LogP contribution in [0.3, 0.4) is 0 Å². The SMILES string of the molecule is CCOC(=O)C(Cc1ccc(OC/C=C(/c2ccccc2)c2ccc(C)cc2)cc1)OCC. The number of rotatable bonds is 11. The molecular weight excluding hydrogens is 412 g/mol. The van der Waals surface area contributed by atoms with E-state index in [0.717, 1.165) is 28.0 Å². The molecule has 0 aromatic heterocycles. The fraction of sp³-hybridized carbons (Fsp3) is 0.276. The summed E-state index contributed by atoms with van der Waals surface area (Å²) in [6.07, 6.45) is 1.99. The molecule has 33 heavy (non-hydrogen) atoms. The van der Waals surface area contributed by atoms with Gasteiger partial charge in [0.15, 0.2) is 6.10 Å². The van der Waals surface area contributed by atoms with Crippen LogP contribution in [0.15, 0.2) is 84.9 Å². The molecule has 0 radical (unpaired) electrons. The summed E-state index contributed by atoms with van der Waals surface area (Å²) >= 11 is 0. The van der Waals surface area contributed by atoms with E-state index in [4.69, 9.17) is 14.2 Å². The van der Waals surface area contributed by atoms with E-state index in [1.54, 1.807) is 6.92 Å². The Balaban J connectivity index is 1.67. The summed E-state index contributed by atoms with van der Waals surface area (Å²) in [5.74, 6) is 0.449. The lowest BCUT2D eigenvalue weighted by atomic mass is 9.97. The van der Waals surface area contributed by atoms with Gasteiger partial charge in [0.25, 0.3) is 0 Å². The quantitative estimate of drug-likeness (QED) is 0.340. The highest BCUT2D eigenvalue weighted by Gasteiger charge is 2.20. The molecule has 0 aliphatic heterocycles. The van der Waals surface area contributed by atoms with Crippen LogP contribution in [0.5, 0.6) is 5.75 Å². The van der Waals surface area contributed by atoms with Gasteiger partial charge < -0.3 is 14.2 Å². The van der Waals surface area contributed by atoms with Gasteiger partial charge in [0.1, 0.15) is 12.4 Å². The van der Waals surface area contributed by atoms with Crippen molar-refractivity contribution in [2.24, 2.45) is 0 Å². The van der Waals surface area contributed by atoms with Crippen LogP contribution in [0, 0.1) is 6.92 Å². The molecule has 0 saturated heterocycles. The molecule has 1 atom stereocenters. The maximum absolute atomic E-state index is 12.1. The summed E-state index contributed by atoms with van der Waals surface area (Å²) in [4.78, 5) is 12.1. The van der Waals surface area contributed by atoms with E-state index >= 15 is 0 Å². The molecule has 4 nitrogen and oxygen atoms in total. The Bertz CT molecular complexity index is 1020. The van der Waals surface area contributed by atoms with Crippen LogP contribution in [0.2, 0.25) is 0 Å². The lowest BCUT2D eigenvalue weighted by Gasteiger charge is -2.15. The normalized spacial score (nSPS) is 12.3. The lowest BCUT2D eigenvalue weighted by molar-refractivity contribution is -0.156. The van der Waals surface area contributed by atoms with Gasteiger partial charge >= 0.3 is 5.97 Å². The van der Waals surface area contributed by atoms with Crippen LogP contribution in [-0.4, -0.2) is 31.9 Å². The van der Waals surface area contributed by atoms with E-state index in [9.17, 15) is 4.79 Å². The number of benzene rings is 3. The standard InChI is InChI=1S/C29H32O4/c1-4-31-28(29(30)32-5-2)21-23-13-17-26(18-14-23)33-20-19-27(24-9-7-6-8-10-24)25-15-11-22(3)12-16-25/h6-19,28H,4-5,20-21H2,1-3H3/b27-19-. The highest BCUT2D eigenvalue weighted by Crippen LogP contribution is 2.24. The van der Waals surface area contributed by atoms with E-state index in [2.05, 4.69) is 49.4 Å². The second kappa shape index (κ2) is 12.6. The molecule has 0 fully saturated rings. The van der Waals surface area contributed by atoms with Gasteiger partial charge in [-0.3, -0.25) is 0 Å². The van der Waals surface area contributed by atoms with Gasteiger partial charge in [0.05, 0.1) is 6.61 Å². The number of carbonyl (C=O) groups excluding carboxylic acids is 1. The molecule has 1 unspecified atom stereocenters. The second-order valence-corrected chi connectivity index (χ2v) is 7.70. The first kappa shape index (κ1) is 24.3. The van der Waals surface area contributed by atoms with Gasteiger partial charge in [-0.25, -0.2) is 4.79 Å². The van der Waals surface area contributed by atoms with Crippen LogP contribution in [0.4, 0.5) is 0 Å². The molecular formula is C29H32O4. The maximum atomic E-state index is 12.1. The van der Waals surface area contributed by atoms with Gasteiger partial charge in [-0.15, -0.1) is 0 Å². The highest BCUT2D eigenvalue weighted by molar-refractivity contribution is 5.80. The molecule has 172 valence electrons. The van der Waals surface area contributed by atoms with Crippen molar-refractivity contribution in [3.05, 3.63) is 107 Å². The third-order valence-electron chi connectivity index (χ3n) is 5.25. The summed E-state index contributed by atoms with van der Waals surface area (Å²) in [6, 6.07) is 26.6. The van der Waals surface area contributed by atoms with Crippen LogP contribution in [0.1, 0.15) is 36.1 Å². The second-order valence-electron chi connectivity index (χ2n) is 7.70. The Hall–Kier alpha value is -3.37. The summed E-state index contributed by atoms with van der Waals surface area (Å²) in [5, 5.41) is 0. The Morgan fingerprint density at radius 3 is 2.15 bits per heavy atom. The van der Waals surface area contributed by atoms with E-state index in [-0.39, 0.29) is 5.97 Å². The van der Waals surface area contributed by atoms with Crippen molar-refractivity contribution in [1.82, 2.24) is 0 Å². The van der Waals surface area contributed by atoms with Crippen molar-refractivity contribution >= 4 is 11.5 Å². The minimum absolute atomic E-state index is 0.325. The van der Waals surface area contributed by atoms with Crippen molar-refractivity contribution in [2.75, 3.05) is 19.8 Å². The maximum Gasteiger partial charge on any atom is 0.335 e. The largest absolute Gasteiger partial charge is 0.490 e. The average Bonchev–Trinajstić information content (AvgIpc) is 2.84. The number of hydrogen-bond donors (Lipinski definition) is 0. The molecule has 0 spiro atoms. The fourth-order valence-corrected chi connectivity index (χ4v) is 3.56. The molecule has 3 aromatic rings. The molecule has 0 aliphatic carbocycles. The first-order chi connectivity index (χ1) is 16.1. The van der Waals surface area contributed by atoms with Gasteiger partial charge in [0, 0.05) is 13.0 Å². The lowest BCUT2D eigenvalue weighted by Crippen LogP contribution is -2.28. The van der Waals surface area contributed by atoms with Crippen molar-refractivity contribution in [1.29, 1.82) is 0 Å². The van der Waals surface area contributed by atoms with E-state index in [1.165, 1.54) is 5.56 Å². The zero-order valence-electron chi connectivity index (χ0n) is 19.6. The molecule has 4 heteroatoms. The van der Waals surface area contributed by atoms with Crippen LogP contribution >= 0.6 is 0 Å². The summed E-state index contributed by atoms with van der Waals surface area (Å²) in [5.41, 5.74) is 5.68. The van der Waals surface area contributed by atoms with Crippen LogP contribution < -0.4 is 4.74 Å². The van der Waals surface area contributed by atoms with Gasteiger partial charge in [-0.05, 0) is 61.2 Å². The third-order valence-corrected chi connectivity index (χ3v) is 5.25. The number of ether oxygens (including phenoxy) is 3. The van der Waals surface area contributed by atoms with Gasteiger partial charge in [-0.1, -0.05) is 72.3 Å². The monoisotopic (exact) mass is 444 g/mol. The Kier molecular flexibility index (Phi) is 9.28. The molecule has 0 bridgehead atoms. The topological polar surface area (TPSA) is 44.8 Å². The molecule has 0 N–H and O–H groups in total. The van der Waals surface area contributed by atoms with Crippen molar-refractivity contribution in [2.45, 2.75) is 33.3 Å². The number of carbonyl (C=O) groups is 1. The third kappa shape index (κ3) is 7.33. The molecule has 0 amide bonds. The van der Waals surface area contributed by atoms with Gasteiger partial charge in [0.2, 0.25) is 0 Å². The Labute approximate surface area is 196 Å². The molecule has 0 heterocycles. The average molecular weight is 445 g/mol. The van der Waals surface area contributed by atoms with Gasteiger partial charge in [-0.2, -0.15) is 0 Å². The number of aryl methyl sites for hydroxylation is 1. The van der Waals surface area contributed by atoms with Crippen molar-refractivity contribution in [3.8, 4) is 5.75 Å². The minimum atomic E-state index is -0.590. The highest BCUT2D eigenvalue weighted by atomic mass is 16.6. The van der Waals surface area contributed by atoms with Crippen molar-refractivity contribution in [3.63, 3.8) is 0 Å². The zero-order chi connectivity index (χ0) is 23.5. The summed E-state index contributed by atoms with van der Waals surface area (Å²) < 4.78 is 16.7. The first-order valence-corrected chi connectivity index (χ1v) is 11.4. The first-order valence-electron chi connectivity index (χ1n) is 11.4. The molecule has 3 aromatic carbocycles. The zero-order valence-corrected chi connectivity index (χ0v) is 19.6. The smallest absolute Gasteiger partial charge is 0.335 e. The number of esters is 1. The van der Waals surface area contributed by atoms with Crippen LogP contribution in [0.25, 0.3) is 5.57 Å². The Morgan fingerprint density at radius 2 is 1.52 bits per heavy atom. The predicted molar refractivity (Wildman–Crippen MR) is 132 cm³/mol. The molecule has 0 saturated carbocycles. The van der Waals surface area contributed by atoms with E-state index in [1.807, 2.05) is 49.4 Å².